The van der Waals surface area contributed by atoms with Gasteiger partial charge >= 0.3 is 0 Å². The molecule has 0 amide bonds. The van der Waals surface area contributed by atoms with E-state index in [4.69, 9.17) is 14.2 Å². The zero-order valence-electron chi connectivity index (χ0n) is 17.7. The Hall–Kier alpha value is -2.94. The number of hydrogen-bond acceptors (Lipinski definition) is 3. The van der Waals surface area contributed by atoms with Crippen molar-refractivity contribution >= 4 is 0 Å². The highest BCUT2D eigenvalue weighted by Crippen LogP contribution is 2.29. The molecule has 0 heterocycles. The van der Waals surface area contributed by atoms with Crippen molar-refractivity contribution in [1.29, 1.82) is 0 Å². The maximum absolute atomic E-state index is 6.07. The average molecular weight is 403 g/mol. The van der Waals surface area contributed by atoms with Crippen LogP contribution in [0.15, 0.2) is 66.7 Å². The lowest BCUT2D eigenvalue weighted by atomic mass is 10.1. The molecule has 1 aliphatic rings. The van der Waals surface area contributed by atoms with Crippen LogP contribution in [-0.2, 0) is 19.3 Å². The SMILES string of the molecule is CCCc1cc(Oc2ccccc2)ccc1OCCCOc1ccc2c(c1)CCC2. The van der Waals surface area contributed by atoms with Crippen LogP contribution in [0.25, 0.3) is 0 Å². The summed E-state index contributed by atoms with van der Waals surface area (Å²) >= 11 is 0. The molecule has 0 aromatic heterocycles. The number of hydrogen-bond donors (Lipinski definition) is 0. The third-order valence-electron chi connectivity index (χ3n) is 5.42. The molecule has 0 aliphatic heterocycles. The minimum Gasteiger partial charge on any atom is -0.493 e. The molecule has 3 aromatic rings. The van der Waals surface area contributed by atoms with Crippen molar-refractivity contribution in [3.63, 3.8) is 0 Å². The van der Waals surface area contributed by atoms with Crippen LogP contribution in [0.4, 0.5) is 0 Å². The lowest BCUT2D eigenvalue weighted by molar-refractivity contribution is 0.246. The number of aryl methyl sites for hydroxylation is 3. The van der Waals surface area contributed by atoms with Gasteiger partial charge in [-0.3, -0.25) is 0 Å². The van der Waals surface area contributed by atoms with Gasteiger partial charge in [0.1, 0.15) is 23.0 Å². The van der Waals surface area contributed by atoms with Crippen LogP contribution in [0, 0.1) is 0 Å². The van der Waals surface area contributed by atoms with Crippen LogP contribution in [-0.4, -0.2) is 13.2 Å². The minimum atomic E-state index is 0.639. The molecular weight excluding hydrogens is 372 g/mol. The predicted molar refractivity (Wildman–Crippen MR) is 121 cm³/mol. The van der Waals surface area contributed by atoms with E-state index in [-0.39, 0.29) is 0 Å². The summed E-state index contributed by atoms with van der Waals surface area (Å²) in [7, 11) is 0. The normalized spacial score (nSPS) is 12.4. The summed E-state index contributed by atoms with van der Waals surface area (Å²) in [5.41, 5.74) is 4.12. The first-order valence-electron chi connectivity index (χ1n) is 11.0. The second-order valence-corrected chi connectivity index (χ2v) is 7.77. The van der Waals surface area contributed by atoms with E-state index in [1.165, 1.54) is 36.0 Å². The van der Waals surface area contributed by atoms with Gasteiger partial charge in [-0.05, 0) is 84.8 Å². The van der Waals surface area contributed by atoms with E-state index < -0.39 is 0 Å². The standard InChI is InChI=1S/C27H30O3/c1-2-8-23-20-26(30-24-11-4-3-5-12-24)15-16-27(23)29-18-7-17-28-25-14-13-21-9-6-10-22(21)19-25/h3-5,11-16,19-20H,2,6-10,17-18H2,1H3. The van der Waals surface area contributed by atoms with Crippen molar-refractivity contribution in [1.82, 2.24) is 0 Å². The van der Waals surface area contributed by atoms with E-state index in [1.54, 1.807) is 0 Å². The van der Waals surface area contributed by atoms with Crippen LogP contribution in [0.2, 0.25) is 0 Å². The van der Waals surface area contributed by atoms with E-state index in [1.807, 2.05) is 42.5 Å². The van der Waals surface area contributed by atoms with E-state index >= 15 is 0 Å². The second kappa shape index (κ2) is 10.2. The lowest BCUT2D eigenvalue weighted by Gasteiger charge is -2.14. The van der Waals surface area contributed by atoms with Gasteiger partial charge in [-0.2, -0.15) is 0 Å². The Labute approximate surface area is 179 Å². The summed E-state index contributed by atoms with van der Waals surface area (Å²) in [5.74, 6) is 3.61. The monoisotopic (exact) mass is 402 g/mol. The van der Waals surface area contributed by atoms with Gasteiger partial charge < -0.3 is 14.2 Å². The lowest BCUT2D eigenvalue weighted by Crippen LogP contribution is -2.06. The first kappa shape index (κ1) is 20.3. The molecule has 0 unspecified atom stereocenters. The average Bonchev–Trinajstić information content (AvgIpc) is 3.24. The Balaban J connectivity index is 1.28. The molecule has 0 spiro atoms. The van der Waals surface area contributed by atoms with Crippen molar-refractivity contribution in [3.8, 4) is 23.0 Å². The minimum absolute atomic E-state index is 0.639. The predicted octanol–water partition coefficient (Wildman–Crippen LogP) is 6.77. The quantitative estimate of drug-likeness (QED) is 0.350. The van der Waals surface area contributed by atoms with Gasteiger partial charge in [0, 0.05) is 6.42 Å². The van der Waals surface area contributed by atoms with Crippen LogP contribution in [0.5, 0.6) is 23.0 Å². The molecule has 0 N–H and O–H groups in total. The summed E-state index contributed by atoms with van der Waals surface area (Å²) in [4.78, 5) is 0. The Bertz CT molecular complexity index is 950. The number of para-hydroxylation sites is 1. The van der Waals surface area contributed by atoms with Gasteiger partial charge in [-0.1, -0.05) is 37.6 Å². The first-order chi connectivity index (χ1) is 14.8. The number of ether oxygens (including phenoxy) is 3. The molecule has 3 aromatic carbocycles. The first-order valence-corrected chi connectivity index (χ1v) is 11.0. The van der Waals surface area contributed by atoms with E-state index in [0.717, 1.165) is 42.3 Å². The molecule has 0 saturated carbocycles. The van der Waals surface area contributed by atoms with Crippen LogP contribution in [0.1, 0.15) is 42.9 Å². The largest absolute Gasteiger partial charge is 0.493 e. The molecule has 0 radical (unpaired) electrons. The highest BCUT2D eigenvalue weighted by atomic mass is 16.5. The van der Waals surface area contributed by atoms with E-state index in [0.29, 0.717) is 13.2 Å². The van der Waals surface area contributed by atoms with Gasteiger partial charge in [0.2, 0.25) is 0 Å². The summed E-state index contributed by atoms with van der Waals surface area (Å²) in [6, 6.07) is 22.5. The fraction of sp³-hybridized carbons (Fsp3) is 0.333. The van der Waals surface area contributed by atoms with Gasteiger partial charge in [0.15, 0.2) is 0 Å². The molecule has 0 fully saturated rings. The fourth-order valence-corrected chi connectivity index (χ4v) is 3.92. The molecule has 30 heavy (non-hydrogen) atoms. The number of rotatable bonds is 10. The zero-order chi connectivity index (χ0) is 20.6. The van der Waals surface area contributed by atoms with E-state index in [2.05, 4.69) is 31.2 Å². The Kier molecular flexibility index (Phi) is 6.91. The van der Waals surface area contributed by atoms with Crippen molar-refractivity contribution in [2.45, 2.75) is 45.4 Å². The topological polar surface area (TPSA) is 27.7 Å². The highest BCUT2D eigenvalue weighted by Gasteiger charge is 2.11. The summed E-state index contributed by atoms with van der Waals surface area (Å²) < 4.78 is 18.0. The van der Waals surface area contributed by atoms with Crippen molar-refractivity contribution < 1.29 is 14.2 Å². The molecule has 156 valence electrons. The van der Waals surface area contributed by atoms with Gasteiger partial charge in [0.05, 0.1) is 13.2 Å². The maximum Gasteiger partial charge on any atom is 0.127 e. The molecule has 4 rings (SSSR count). The number of benzene rings is 3. The third kappa shape index (κ3) is 5.35. The molecular formula is C27H30O3. The zero-order valence-corrected chi connectivity index (χ0v) is 17.7. The van der Waals surface area contributed by atoms with Crippen LogP contribution >= 0.6 is 0 Å². The second-order valence-electron chi connectivity index (χ2n) is 7.77. The van der Waals surface area contributed by atoms with Crippen molar-refractivity contribution in [3.05, 3.63) is 83.4 Å². The highest BCUT2D eigenvalue weighted by molar-refractivity contribution is 5.42. The fourth-order valence-electron chi connectivity index (χ4n) is 3.92. The van der Waals surface area contributed by atoms with Gasteiger partial charge in [0.25, 0.3) is 0 Å². The molecule has 3 heteroatoms. The maximum atomic E-state index is 6.07. The molecule has 0 bridgehead atoms. The summed E-state index contributed by atoms with van der Waals surface area (Å²) in [6.45, 7) is 3.48. The molecule has 3 nitrogen and oxygen atoms in total. The number of fused-ring (bicyclic) bond motifs is 1. The summed E-state index contributed by atoms with van der Waals surface area (Å²) in [6.07, 6.45) is 6.53. The summed E-state index contributed by atoms with van der Waals surface area (Å²) in [5, 5.41) is 0. The van der Waals surface area contributed by atoms with Crippen LogP contribution < -0.4 is 14.2 Å². The van der Waals surface area contributed by atoms with Crippen molar-refractivity contribution in [2.24, 2.45) is 0 Å². The Morgan fingerprint density at radius 2 is 1.53 bits per heavy atom. The Morgan fingerprint density at radius 1 is 0.733 bits per heavy atom. The van der Waals surface area contributed by atoms with Gasteiger partial charge in [-0.15, -0.1) is 0 Å². The molecule has 0 atom stereocenters. The third-order valence-corrected chi connectivity index (χ3v) is 5.42. The van der Waals surface area contributed by atoms with Crippen molar-refractivity contribution in [2.75, 3.05) is 13.2 Å². The van der Waals surface area contributed by atoms with E-state index in [9.17, 15) is 0 Å². The molecule has 0 saturated heterocycles. The smallest absolute Gasteiger partial charge is 0.127 e. The molecule has 1 aliphatic carbocycles. The van der Waals surface area contributed by atoms with Gasteiger partial charge in [-0.25, -0.2) is 0 Å². The Morgan fingerprint density at radius 3 is 2.40 bits per heavy atom. The van der Waals surface area contributed by atoms with Crippen LogP contribution in [0.3, 0.4) is 0 Å².